The van der Waals surface area contributed by atoms with Crippen LogP contribution >= 0.6 is 11.8 Å². The van der Waals surface area contributed by atoms with Gasteiger partial charge in [0.15, 0.2) is 0 Å². The average Bonchev–Trinajstić information content (AvgIpc) is 2.29. The molecule has 1 aromatic rings. The number of thioether (sulfide) groups is 1. The topological polar surface area (TPSA) is 16.1 Å². The molecule has 0 amide bonds. The number of aromatic nitrogens is 1. The van der Waals surface area contributed by atoms with Crippen molar-refractivity contribution in [1.82, 2.24) is 9.88 Å². The molecule has 0 N–H and O–H groups in total. The molecule has 0 radical (unpaired) electrons. The van der Waals surface area contributed by atoms with Crippen LogP contribution < -0.4 is 0 Å². The van der Waals surface area contributed by atoms with Gasteiger partial charge >= 0.3 is 0 Å². The van der Waals surface area contributed by atoms with E-state index in [4.69, 9.17) is 0 Å². The van der Waals surface area contributed by atoms with Crippen molar-refractivity contribution < 1.29 is 0 Å². The quantitative estimate of drug-likeness (QED) is 0.677. The summed E-state index contributed by atoms with van der Waals surface area (Å²) in [7, 11) is 0. The van der Waals surface area contributed by atoms with Gasteiger partial charge in [0.05, 0.1) is 0 Å². The molecule has 0 aliphatic heterocycles. The van der Waals surface area contributed by atoms with Gasteiger partial charge in [0.25, 0.3) is 0 Å². The summed E-state index contributed by atoms with van der Waals surface area (Å²) in [6.45, 7) is 8.81. The molecule has 0 unspecified atom stereocenters. The zero-order chi connectivity index (χ0) is 11.8. The minimum absolute atomic E-state index is 0.939. The molecule has 0 aliphatic carbocycles. The van der Waals surface area contributed by atoms with Gasteiger partial charge in [-0.2, -0.15) is 11.8 Å². The van der Waals surface area contributed by atoms with Gasteiger partial charge in [-0.25, -0.2) is 0 Å². The van der Waals surface area contributed by atoms with Crippen molar-refractivity contribution in [2.75, 3.05) is 25.1 Å². The number of nitrogens with zero attached hydrogens (tertiary/aromatic N) is 2. The Morgan fingerprint density at radius 1 is 1.50 bits per heavy atom. The van der Waals surface area contributed by atoms with E-state index < -0.39 is 0 Å². The van der Waals surface area contributed by atoms with Gasteiger partial charge in [0.2, 0.25) is 0 Å². The monoisotopic (exact) mass is 236 g/mol. The van der Waals surface area contributed by atoms with Crippen LogP contribution in [0.2, 0.25) is 0 Å². The molecular formula is C13H20N2S. The third kappa shape index (κ3) is 4.81. The van der Waals surface area contributed by atoms with Crippen LogP contribution in [0.1, 0.15) is 11.3 Å². The van der Waals surface area contributed by atoms with Crippen molar-refractivity contribution >= 4 is 11.8 Å². The average molecular weight is 236 g/mol. The van der Waals surface area contributed by atoms with Gasteiger partial charge in [0, 0.05) is 37.3 Å². The van der Waals surface area contributed by atoms with Gasteiger partial charge in [0.1, 0.15) is 0 Å². The van der Waals surface area contributed by atoms with Crippen LogP contribution in [0.15, 0.2) is 31.0 Å². The molecule has 3 heteroatoms. The Kier molecular flexibility index (Phi) is 6.19. The Balaban J connectivity index is 2.52. The van der Waals surface area contributed by atoms with E-state index in [1.807, 2.05) is 31.0 Å². The summed E-state index contributed by atoms with van der Waals surface area (Å²) in [6, 6.07) is 4.22. The van der Waals surface area contributed by atoms with Crippen LogP contribution in [0, 0.1) is 6.92 Å². The fourth-order valence-electron chi connectivity index (χ4n) is 1.49. The summed E-state index contributed by atoms with van der Waals surface area (Å²) in [6.07, 6.45) is 6.06. The Bertz CT molecular complexity index is 308. The van der Waals surface area contributed by atoms with Crippen LogP contribution in [0.25, 0.3) is 0 Å². The molecule has 0 spiro atoms. The van der Waals surface area contributed by atoms with Crippen molar-refractivity contribution in [3.05, 3.63) is 42.2 Å². The number of aryl methyl sites for hydroxylation is 1. The van der Waals surface area contributed by atoms with Gasteiger partial charge in [-0.1, -0.05) is 12.1 Å². The Labute approximate surface area is 103 Å². The molecule has 16 heavy (non-hydrogen) atoms. The molecule has 1 aromatic heterocycles. The second kappa shape index (κ2) is 7.47. The summed E-state index contributed by atoms with van der Waals surface area (Å²) in [5.41, 5.74) is 2.34. The standard InChI is InChI=1S/C13H20N2S/c1-4-7-15(8-9-16-3)11-13-6-5-12(2)14-10-13/h4-6,10H,1,7-9,11H2,2-3H3. The number of hydrogen-bond acceptors (Lipinski definition) is 3. The number of hydrogen-bond donors (Lipinski definition) is 0. The lowest BCUT2D eigenvalue weighted by Gasteiger charge is -2.20. The van der Waals surface area contributed by atoms with E-state index in [0.717, 1.165) is 31.1 Å². The molecular weight excluding hydrogens is 216 g/mol. The molecule has 0 fully saturated rings. The lowest BCUT2D eigenvalue weighted by molar-refractivity contribution is 0.314. The fraction of sp³-hybridized carbons (Fsp3) is 0.462. The van der Waals surface area contributed by atoms with Gasteiger partial charge < -0.3 is 0 Å². The molecule has 0 bridgehead atoms. The minimum atomic E-state index is 0.939. The lowest BCUT2D eigenvalue weighted by Crippen LogP contribution is -2.25. The van der Waals surface area contributed by atoms with Crippen molar-refractivity contribution in [3.63, 3.8) is 0 Å². The molecule has 0 saturated carbocycles. The first-order valence-corrected chi connectivity index (χ1v) is 6.89. The van der Waals surface area contributed by atoms with Gasteiger partial charge in [-0.05, 0) is 24.8 Å². The van der Waals surface area contributed by atoms with Crippen LogP contribution in [-0.4, -0.2) is 35.0 Å². The smallest absolute Gasteiger partial charge is 0.0372 e. The largest absolute Gasteiger partial charge is 0.295 e. The normalized spacial score (nSPS) is 10.7. The van der Waals surface area contributed by atoms with E-state index >= 15 is 0 Å². The van der Waals surface area contributed by atoms with E-state index in [-0.39, 0.29) is 0 Å². The molecule has 0 aromatic carbocycles. The molecule has 0 atom stereocenters. The summed E-state index contributed by atoms with van der Waals surface area (Å²) in [4.78, 5) is 6.70. The predicted octanol–water partition coefficient (Wildman–Crippen LogP) is 2.74. The molecule has 1 heterocycles. The van der Waals surface area contributed by atoms with Gasteiger partial charge in [-0.3, -0.25) is 9.88 Å². The van der Waals surface area contributed by atoms with Crippen LogP contribution in [0.3, 0.4) is 0 Å². The second-order valence-corrected chi connectivity index (χ2v) is 4.81. The third-order valence-corrected chi connectivity index (χ3v) is 2.97. The summed E-state index contributed by atoms with van der Waals surface area (Å²) >= 11 is 1.88. The van der Waals surface area contributed by atoms with E-state index in [1.54, 1.807) is 0 Å². The zero-order valence-electron chi connectivity index (χ0n) is 10.1. The number of rotatable bonds is 7. The first-order valence-electron chi connectivity index (χ1n) is 5.50. The predicted molar refractivity (Wildman–Crippen MR) is 72.8 cm³/mol. The molecule has 1 rings (SSSR count). The third-order valence-electron chi connectivity index (χ3n) is 2.38. The molecule has 2 nitrogen and oxygen atoms in total. The first kappa shape index (κ1) is 13.3. The van der Waals surface area contributed by atoms with Crippen molar-refractivity contribution in [2.45, 2.75) is 13.5 Å². The summed E-state index contributed by atoms with van der Waals surface area (Å²) in [5, 5.41) is 0. The van der Waals surface area contributed by atoms with Crippen LogP contribution in [0.5, 0.6) is 0 Å². The Hall–Kier alpha value is -0.800. The zero-order valence-corrected chi connectivity index (χ0v) is 11.0. The van der Waals surface area contributed by atoms with E-state index in [9.17, 15) is 0 Å². The van der Waals surface area contributed by atoms with E-state index in [0.29, 0.717) is 0 Å². The molecule has 0 aliphatic rings. The minimum Gasteiger partial charge on any atom is -0.295 e. The maximum Gasteiger partial charge on any atom is 0.0372 e. The maximum absolute atomic E-state index is 4.31. The van der Waals surface area contributed by atoms with Gasteiger partial charge in [-0.15, -0.1) is 6.58 Å². The Morgan fingerprint density at radius 2 is 2.31 bits per heavy atom. The highest BCUT2D eigenvalue weighted by atomic mass is 32.2. The highest BCUT2D eigenvalue weighted by Crippen LogP contribution is 2.05. The molecule has 88 valence electrons. The number of pyridine rings is 1. The first-order chi connectivity index (χ1) is 7.76. The second-order valence-electron chi connectivity index (χ2n) is 3.82. The summed E-state index contributed by atoms with van der Waals surface area (Å²) < 4.78 is 0. The van der Waals surface area contributed by atoms with Crippen molar-refractivity contribution in [2.24, 2.45) is 0 Å². The van der Waals surface area contributed by atoms with Crippen LogP contribution in [-0.2, 0) is 6.54 Å². The van der Waals surface area contributed by atoms with Crippen LogP contribution in [0.4, 0.5) is 0 Å². The Morgan fingerprint density at radius 3 is 2.88 bits per heavy atom. The maximum atomic E-state index is 4.31. The highest BCUT2D eigenvalue weighted by Gasteiger charge is 2.03. The molecule has 0 saturated heterocycles. The SMILES string of the molecule is C=CCN(CCSC)Cc1ccc(C)nc1. The van der Waals surface area contributed by atoms with Crippen molar-refractivity contribution in [1.29, 1.82) is 0 Å². The fourth-order valence-corrected chi connectivity index (χ4v) is 1.93. The highest BCUT2D eigenvalue weighted by molar-refractivity contribution is 7.98. The van der Waals surface area contributed by atoms with E-state index in [1.165, 1.54) is 5.56 Å². The van der Waals surface area contributed by atoms with E-state index in [2.05, 4.69) is 34.9 Å². The van der Waals surface area contributed by atoms with Crippen molar-refractivity contribution in [3.8, 4) is 0 Å². The summed E-state index contributed by atoms with van der Waals surface area (Å²) in [5.74, 6) is 1.16. The lowest BCUT2D eigenvalue weighted by atomic mass is 10.2.